The van der Waals surface area contributed by atoms with Crippen molar-refractivity contribution in [2.45, 2.75) is 6.04 Å². The molecule has 0 radical (unpaired) electrons. The molecule has 0 aliphatic carbocycles. The van der Waals surface area contributed by atoms with Crippen LogP contribution in [0, 0.1) is 11.7 Å². The van der Waals surface area contributed by atoms with Crippen molar-refractivity contribution in [2.75, 3.05) is 5.32 Å². The van der Waals surface area contributed by atoms with E-state index in [0.29, 0.717) is 5.69 Å². The van der Waals surface area contributed by atoms with E-state index >= 15 is 0 Å². The summed E-state index contributed by atoms with van der Waals surface area (Å²) in [5, 5.41) is 7.89. The molecule has 8 heteroatoms. The average Bonchev–Trinajstić information content (AvgIpc) is 2.56. The van der Waals surface area contributed by atoms with Crippen LogP contribution < -0.4 is 16.0 Å². The van der Waals surface area contributed by atoms with Crippen molar-refractivity contribution >= 4 is 45.2 Å². The first-order chi connectivity index (χ1) is 12.4. The lowest BCUT2D eigenvalue weighted by Crippen LogP contribution is -2.52. The topological polar surface area (TPSA) is 70.2 Å². The highest BCUT2D eigenvalue weighted by molar-refractivity contribution is 9.10. The smallest absolute Gasteiger partial charge is 0.319 e. The van der Waals surface area contributed by atoms with Crippen LogP contribution in [-0.2, 0) is 4.79 Å². The second-order valence-electron chi connectivity index (χ2n) is 5.71. The molecule has 5 nitrogen and oxygen atoms in total. The van der Waals surface area contributed by atoms with Crippen LogP contribution in [0.2, 0.25) is 5.02 Å². The van der Waals surface area contributed by atoms with Crippen LogP contribution in [0.1, 0.15) is 11.6 Å². The van der Waals surface area contributed by atoms with Crippen molar-refractivity contribution in [1.82, 2.24) is 10.6 Å². The first-order valence-corrected chi connectivity index (χ1v) is 8.80. The first-order valence-electron chi connectivity index (χ1n) is 7.63. The van der Waals surface area contributed by atoms with E-state index in [1.165, 1.54) is 18.2 Å². The molecule has 0 unspecified atom stereocenters. The Balaban J connectivity index is 1.95. The second-order valence-corrected chi connectivity index (χ2v) is 7.03. The Morgan fingerprint density at radius 2 is 1.92 bits per heavy atom. The van der Waals surface area contributed by atoms with E-state index in [1.54, 1.807) is 24.3 Å². The van der Waals surface area contributed by atoms with Gasteiger partial charge >= 0.3 is 6.03 Å². The predicted octanol–water partition coefficient (Wildman–Crippen LogP) is 4.36. The maximum absolute atomic E-state index is 14.4. The van der Waals surface area contributed by atoms with Gasteiger partial charge in [0.15, 0.2) is 0 Å². The molecule has 0 spiro atoms. The Morgan fingerprint density at radius 1 is 1.23 bits per heavy atom. The van der Waals surface area contributed by atoms with E-state index in [2.05, 4.69) is 38.5 Å². The fourth-order valence-corrected chi connectivity index (χ4v) is 3.34. The Labute approximate surface area is 162 Å². The van der Waals surface area contributed by atoms with Crippen molar-refractivity contribution in [3.63, 3.8) is 0 Å². The minimum absolute atomic E-state index is 0.0427. The van der Waals surface area contributed by atoms with E-state index in [9.17, 15) is 14.0 Å². The van der Waals surface area contributed by atoms with Crippen LogP contribution in [0.15, 0.2) is 59.2 Å². The van der Waals surface area contributed by atoms with Gasteiger partial charge in [0.05, 0.1) is 6.04 Å². The molecule has 2 aromatic rings. The van der Waals surface area contributed by atoms with Gasteiger partial charge in [0, 0.05) is 26.4 Å². The van der Waals surface area contributed by atoms with E-state index in [4.69, 9.17) is 11.6 Å². The number of rotatable bonds is 3. The molecule has 0 saturated carbocycles. The summed E-state index contributed by atoms with van der Waals surface area (Å²) in [5.41, 5.74) is 0.759. The molecule has 3 rings (SSSR count). The number of carbonyl (C=O) groups excluding carboxylic acids is 2. The molecule has 3 amide bonds. The quantitative estimate of drug-likeness (QED) is 0.666. The third kappa shape index (κ3) is 3.73. The van der Waals surface area contributed by atoms with Gasteiger partial charge in [-0.05, 0) is 36.4 Å². The standard InChI is InChI=1S/C18H14BrClFN3O2/c1-9-14(17(25)23-11-7-5-10(19)6-8-11)16(24-18(26)22-9)15-12(20)3-2-4-13(15)21/h2-8,14,16H,1H2,(H,23,25)(H2,22,24,26)/t14-,16+/m1/s1. The largest absolute Gasteiger partial charge is 0.330 e. The van der Waals surface area contributed by atoms with Crippen LogP contribution in [0.25, 0.3) is 0 Å². The van der Waals surface area contributed by atoms with Crippen LogP contribution in [0.3, 0.4) is 0 Å². The van der Waals surface area contributed by atoms with Crippen molar-refractivity contribution in [3.8, 4) is 0 Å². The first kappa shape index (κ1) is 18.4. The summed E-state index contributed by atoms with van der Waals surface area (Å²) in [6.45, 7) is 3.75. The molecular formula is C18H14BrClFN3O2. The van der Waals surface area contributed by atoms with Crippen LogP contribution in [0.5, 0.6) is 0 Å². The third-order valence-corrected chi connectivity index (χ3v) is 4.83. The van der Waals surface area contributed by atoms with Gasteiger partial charge in [-0.3, -0.25) is 4.79 Å². The number of hydrogen-bond donors (Lipinski definition) is 3. The van der Waals surface area contributed by atoms with E-state index in [0.717, 1.165) is 4.47 Å². The van der Waals surface area contributed by atoms with Gasteiger partial charge in [-0.15, -0.1) is 0 Å². The van der Waals surface area contributed by atoms with Gasteiger partial charge in [0.2, 0.25) is 5.91 Å². The van der Waals surface area contributed by atoms with Crippen molar-refractivity contribution in [2.24, 2.45) is 5.92 Å². The molecule has 134 valence electrons. The van der Waals surface area contributed by atoms with Gasteiger partial charge in [-0.25, -0.2) is 9.18 Å². The predicted molar refractivity (Wildman–Crippen MR) is 101 cm³/mol. The van der Waals surface area contributed by atoms with Gasteiger partial charge in [0.25, 0.3) is 0 Å². The molecule has 1 aliphatic heterocycles. The van der Waals surface area contributed by atoms with Gasteiger partial charge < -0.3 is 16.0 Å². The number of nitrogens with one attached hydrogen (secondary N) is 3. The minimum Gasteiger partial charge on any atom is -0.330 e. The molecule has 26 heavy (non-hydrogen) atoms. The second kappa shape index (κ2) is 7.47. The summed E-state index contributed by atoms with van der Waals surface area (Å²) in [7, 11) is 0. The summed E-state index contributed by atoms with van der Waals surface area (Å²) < 4.78 is 15.2. The fraction of sp³-hybridized carbons (Fsp3) is 0.111. The maximum atomic E-state index is 14.4. The maximum Gasteiger partial charge on any atom is 0.319 e. The normalized spacial score (nSPS) is 19.5. The van der Waals surface area contributed by atoms with Crippen LogP contribution in [0.4, 0.5) is 14.9 Å². The summed E-state index contributed by atoms with van der Waals surface area (Å²) in [4.78, 5) is 24.7. The number of amides is 3. The fourth-order valence-electron chi connectivity index (χ4n) is 2.79. The van der Waals surface area contributed by atoms with Gasteiger partial charge in [0.1, 0.15) is 11.7 Å². The molecule has 1 aliphatic rings. The lowest BCUT2D eigenvalue weighted by molar-refractivity contribution is -0.119. The Morgan fingerprint density at radius 3 is 2.58 bits per heavy atom. The molecule has 3 N–H and O–H groups in total. The molecule has 1 heterocycles. The molecule has 2 atom stereocenters. The molecule has 0 aromatic heterocycles. The summed E-state index contributed by atoms with van der Waals surface area (Å²) in [6.07, 6.45) is 0. The number of benzene rings is 2. The summed E-state index contributed by atoms with van der Waals surface area (Å²) in [5.74, 6) is -2.01. The number of hydrogen-bond acceptors (Lipinski definition) is 2. The number of halogens is 3. The highest BCUT2D eigenvalue weighted by Crippen LogP contribution is 2.35. The van der Waals surface area contributed by atoms with Crippen molar-refractivity contribution in [1.29, 1.82) is 0 Å². The molecule has 2 aromatic carbocycles. The Hall–Kier alpha value is -2.38. The average molecular weight is 439 g/mol. The van der Waals surface area contributed by atoms with Crippen molar-refractivity contribution in [3.05, 3.63) is 75.6 Å². The Kier molecular flexibility index (Phi) is 5.29. The zero-order valence-electron chi connectivity index (χ0n) is 13.4. The molecular weight excluding hydrogens is 425 g/mol. The highest BCUT2D eigenvalue weighted by atomic mass is 79.9. The third-order valence-electron chi connectivity index (χ3n) is 3.97. The summed E-state index contributed by atoms with van der Waals surface area (Å²) >= 11 is 9.45. The van der Waals surface area contributed by atoms with E-state index < -0.39 is 29.7 Å². The SMILES string of the molecule is C=C1NC(=O)N[C@H](c2c(F)cccc2Cl)[C@@H]1C(=O)Nc1ccc(Br)cc1. The summed E-state index contributed by atoms with van der Waals surface area (Å²) in [6, 6.07) is 9.59. The number of carbonyl (C=O) groups is 2. The van der Waals surface area contributed by atoms with Gasteiger partial charge in [-0.2, -0.15) is 0 Å². The zero-order chi connectivity index (χ0) is 18.8. The number of anilines is 1. The van der Waals surface area contributed by atoms with Crippen LogP contribution in [-0.4, -0.2) is 11.9 Å². The lowest BCUT2D eigenvalue weighted by atomic mass is 9.87. The highest BCUT2D eigenvalue weighted by Gasteiger charge is 2.40. The van der Waals surface area contributed by atoms with E-state index in [-0.39, 0.29) is 16.3 Å². The number of urea groups is 1. The van der Waals surface area contributed by atoms with E-state index in [1.807, 2.05) is 0 Å². The minimum atomic E-state index is -0.986. The zero-order valence-corrected chi connectivity index (χ0v) is 15.7. The monoisotopic (exact) mass is 437 g/mol. The Bertz CT molecular complexity index is 868. The van der Waals surface area contributed by atoms with Crippen molar-refractivity contribution < 1.29 is 14.0 Å². The van der Waals surface area contributed by atoms with Crippen LogP contribution >= 0.6 is 27.5 Å². The molecule has 0 bridgehead atoms. The molecule has 1 saturated heterocycles. The molecule has 1 fully saturated rings. The lowest BCUT2D eigenvalue weighted by Gasteiger charge is -2.34. The van der Waals surface area contributed by atoms with Gasteiger partial charge in [-0.1, -0.05) is 40.2 Å².